The molecule has 1 fully saturated rings. The minimum Gasteiger partial charge on any atom is -0.339 e. The van der Waals surface area contributed by atoms with Gasteiger partial charge >= 0.3 is 0 Å². The molecule has 152 valence electrons. The van der Waals surface area contributed by atoms with E-state index in [-0.39, 0.29) is 17.2 Å². The lowest BCUT2D eigenvalue weighted by molar-refractivity contribution is 0.246. The van der Waals surface area contributed by atoms with E-state index in [0.717, 1.165) is 12.8 Å². The Labute approximate surface area is 167 Å². The molecule has 0 bridgehead atoms. The molecule has 0 N–H and O–H groups in total. The van der Waals surface area contributed by atoms with Gasteiger partial charge in [-0.15, -0.1) is 0 Å². The molecule has 0 amide bonds. The predicted molar refractivity (Wildman–Crippen MR) is 102 cm³/mol. The van der Waals surface area contributed by atoms with Gasteiger partial charge in [0.15, 0.2) is 0 Å². The van der Waals surface area contributed by atoms with E-state index in [1.165, 1.54) is 16.4 Å². The summed E-state index contributed by atoms with van der Waals surface area (Å²) in [6.07, 6.45) is 6.71. The lowest BCUT2D eigenvalue weighted by atomic mass is 9.96. The molecule has 1 atom stereocenters. The number of sulfonamides is 1. The van der Waals surface area contributed by atoms with Crippen LogP contribution in [0.4, 0.5) is 4.39 Å². The van der Waals surface area contributed by atoms with E-state index in [1.807, 2.05) is 0 Å². The summed E-state index contributed by atoms with van der Waals surface area (Å²) in [6, 6.07) is 5.95. The Morgan fingerprint density at radius 3 is 2.90 bits per heavy atom. The summed E-state index contributed by atoms with van der Waals surface area (Å²) in [6.45, 7) is 0.779. The third-order valence-electron chi connectivity index (χ3n) is 4.89. The zero-order valence-corrected chi connectivity index (χ0v) is 16.4. The number of aromatic nitrogens is 4. The summed E-state index contributed by atoms with van der Waals surface area (Å²) in [5.74, 6) is -0.0117. The molecule has 0 radical (unpaired) electrons. The SMILES string of the molecule is O=S(=O)(Cc1ccccc1F)N1CCCC(Cc2nc(-c3cnccn3)no2)C1. The van der Waals surface area contributed by atoms with Crippen molar-refractivity contribution in [1.29, 1.82) is 0 Å². The van der Waals surface area contributed by atoms with Gasteiger partial charge in [0.1, 0.15) is 11.5 Å². The first-order chi connectivity index (χ1) is 14.0. The molecule has 8 nitrogen and oxygen atoms in total. The van der Waals surface area contributed by atoms with Crippen molar-refractivity contribution in [3.63, 3.8) is 0 Å². The van der Waals surface area contributed by atoms with Gasteiger partial charge in [-0.2, -0.15) is 4.98 Å². The zero-order valence-electron chi connectivity index (χ0n) is 15.6. The Balaban J connectivity index is 1.42. The Morgan fingerprint density at radius 1 is 1.24 bits per heavy atom. The quantitative estimate of drug-likeness (QED) is 0.607. The molecule has 0 spiro atoms. The molecule has 0 aliphatic carbocycles. The molecule has 0 saturated carbocycles. The van der Waals surface area contributed by atoms with Gasteiger partial charge in [0.25, 0.3) is 0 Å². The number of hydrogen-bond acceptors (Lipinski definition) is 7. The maximum Gasteiger partial charge on any atom is 0.227 e. The summed E-state index contributed by atoms with van der Waals surface area (Å²) >= 11 is 0. The highest BCUT2D eigenvalue weighted by Gasteiger charge is 2.30. The van der Waals surface area contributed by atoms with Gasteiger partial charge in [0.05, 0.1) is 11.9 Å². The first-order valence-electron chi connectivity index (χ1n) is 9.31. The number of benzene rings is 1. The average Bonchev–Trinajstić information content (AvgIpc) is 3.19. The van der Waals surface area contributed by atoms with Crippen LogP contribution >= 0.6 is 0 Å². The van der Waals surface area contributed by atoms with Crippen LogP contribution in [0.3, 0.4) is 0 Å². The minimum absolute atomic E-state index is 0.0503. The number of nitrogens with zero attached hydrogens (tertiary/aromatic N) is 5. The molecule has 1 aliphatic heterocycles. The van der Waals surface area contributed by atoms with Gasteiger partial charge in [-0.3, -0.25) is 4.98 Å². The van der Waals surface area contributed by atoms with E-state index in [0.29, 0.717) is 36.9 Å². The molecule has 1 aliphatic rings. The third-order valence-corrected chi connectivity index (χ3v) is 6.69. The van der Waals surface area contributed by atoms with Crippen LogP contribution in [0, 0.1) is 11.7 Å². The van der Waals surface area contributed by atoms with Crippen LogP contribution in [0.1, 0.15) is 24.3 Å². The fraction of sp³-hybridized carbons (Fsp3) is 0.368. The Kier molecular flexibility index (Phi) is 5.63. The molecule has 3 aromatic rings. The van der Waals surface area contributed by atoms with Crippen LogP contribution in [-0.2, 0) is 22.2 Å². The van der Waals surface area contributed by atoms with E-state index in [1.54, 1.807) is 30.7 Å². The highest BCUT2D eigenvalue weighted by Crippen LogP contribution is 2.25. The minimum atomic E-state index is -3.61. The average molecular weight is 417 g/mol. The van der Waals surface area contributed by atoms with Gasteiger partial charge < -0.3 is 4.52 Å². The van der Waals surface area contributed by atoms with Gasteiger partial charge in [-0.25, -0.2) is 22.1 Å². The Bertz CT molecular complexity index is 1070. The lowest BCUT2D eigenvalue weighted by Gasteiger charge is -2.31. The second-order valence-electron chi connectivity index (χ2n) is 7.02. The molecule has 29 heavy (non-hydrogen) atoms. The van der Waals surface area contributed by atoms with Gasteiger partial charge in [0.2, 0.25) is 21.7 Å². The van der Waals surface area contributed by atoms with E-state index < -0.39 is 15.8 Å². The van der Waals surface area contributed by atoms with E-state index in [2.05, 4.69) is 20.1 Å². The number of halogens is 1. The Hall–Kier alpha value is -2.72. The smallest absolute Gasteiger partial charge is 0.227 e. The summed E-state index contributed by atoms with van der Waals surface area (Å²) in [7, 11) is -3.61. The molecule has 4 rings (SSSR count). The number of rotatable bonds is 6. The highest BCUT2D eigenvalue weighted by molar-refractivity contribution is 7.88. The maximum atomic E-state index is 13.9. The fourth-order valence-electron chi connectivity index (χ4n) is 3.45. The highest BCUT2D eigenvalue weighted by atomic mass is 32.2. The van der Waals surface area contributed by atoms with Gasteiger partial charge in [-0.1, -0.05) is 23.4 Å². The maximum absolute atomic E-state index is 13.9. The van der Waals surface area contributed by atoms with Crippen molar-refractivity contribution in [3.05, 3.63) is 60.1 Å². The van der Waals surface area contributed by atoms with E-state index in [4.69, 9.17) is 4.52 Å². The monoisotopic (exact) mass is 417 g/mol. The molecule has 1 unspecified atom stereocenters. The molecule has 2 aromatic heterocycles. The van der Waals surface area contributed by atoms with Gasteiger partial charge in [0, 0.05) is 37.5 Å². The van der Waals surface area contributed by atoms with Crippen LogP contribution in [0.15, 0.2) is 47.4 Å². The van der Waals surface area contributed by atoms with Crippen molar-refractivity contribution in [2.45, 2.75) is 25.0 Å². The lowest BCUT2D eigenvalue weighted by Crippen LogP contribution is -2.41. The van der Waals surface area contributed by atoms with E-state index >= 15 is 0 Å². The van der Waals surface area contributed by atoms with Crippen LogP contribution in [-0.4, -0.2) is 45.9 Å². The summed E-state index contributed by atoms with van der Waals surface area (Å²) in [5.41, 5.74) is 0.695. The van der Waals surface area contributed by atoms with Gasteiger partial charge in [-0.05, 0) is 24.8 Å². The van der Waals surface area contributed by atoms with Crippen LogP contribution in [0.2, 0.25) is 0 Å². The van der Waals surface area contributed by atoms with Crippen LogP contribution < -0.4 is 0 Å². The van der Waals surface area contributed by atoms with Crippen LogP contribution in [0.5, 0.6) is 0 Å². The Morgan fingerprint density at radius 2 is 2.10 bits per heavy atom. The summed E-state index contributed by atoms with van der Waals surface area (Å²) < 4.78 is 46.2. The molecular formula is C19H20FN5O3S. The van der Waals surface area contributed by atoms with Crippen molar-refractivity contribution >= 4 is 10.0 Å². The van der Waals surface area contributed by atoms with Crippen molar-refractivity contribution < 1.29 is 17.3 Å². The molecule has 10 heteroatoms. The summed E-state index contributed by atoms with van der Waals surface area (Å²) in [4.78, 5) is 12.5. The van der Waals surface area contributed by atoms with Crippen molar-refractivity contribution in [2.24, 2.45) is 5.92 Å². The van der Waals surface area contributed by atoms with Crippen molar-refractivity contribution in [2.75, 3.05) is 13.1 Å². The zero-order chi connectivity index (χ0) is 20.3. The largest absolute Gasteiger partial charge is 0.339 e. The molecule has 1 aromatic carbocycles. The number of hydrogen-bond donors (Lipinski definition) is 0. The fourth-order valence-corrected chi connectivity index (χ4v) is 5.11. The van der Waals surface area contributed by atoms with Crippen LogP contribution in [0.25, 0.3) is 11.5 Å². The summed E-state index contributed by atoms with van der Waals surface area (Å²) in [5, 5.41) is 3.92. The second-order valence-corrected chi connectivity index (χ2v) is 8.99. The standard InChI is InChI=1S/C19H20FN5O3S/c20-16-6-2-1-5-15(16)13-29(26,27)25-9-3-4-14(12-25)10-18-23-19(24-28-18)17-11-21-7-8-22-17/h1-2,5-8,11,14H,3-4,9-10,12-13H2. The normalized spacial score (nSPS) is 18.0. The molecule has 1 saturated heterocycles. The topological polar surface area (TPSA) is 102 Å². The second kappa shape index (κ2) is 8.34. The first-order valence-corrected chi connectivity index (χ1v) is 10.9. The van der Waals surface area contributed by atoms with E-state index in [9.17, 15) is 12.8 Å². The molecule has 3 heterocycles. The number of piperidine rings is 1. The van der Waals surface area contributed by atoms with Crippen molar-refractivity contribution in [3.8, 4) is 11.5 Å². The third kappa shape index (κ3) is 4.65. The van der Waals surface area contributed by atoms with Crippen molar-refractivity contribution in [1.82, 2.24) is 24.4 Å². The molecular weight excluding hydrogens is 397 g/mol. The first kappa shape index (κ1) is 19.6. The predicted octanol–water partition coefficient (Wildman–Crippen LogP) is 2.45.